The monoisotopic (exact) mass is 776 g/mol. The van der Waals surface area contributed by atoms with Gasteiger partial charge in [0.2, 0.25) is 0 Å². The van der Waals surface area contributed by atoms with Gasteiger partial charge in [-0.25, -0.2) is 9.59 Å². The number of piperidine rings is 1. The van der Waals surface area contributed by atoms with Gasteiger partial charge in [0.25, 0.3) is 0 Å². The first-order valence-electron chi connectivity index (χ1n) is 18.5. The topological polar surface area (TPSA) is 118 Å². The lowest BCUT2D eigenvalue weighted by Crippen LogP contribution is -2.50. The summed E-state index contributed by atoms with van der Waals surface area (Å²) >= 11 is 6.18. The highest BCUT2D eigenvalue weighted by Crippen LogP contribution is 2.41. The third-order valence-electron chi connectivity index (χ3n) is 10.0. The zero-order valence-electron chi connectivity index (χ0n) is 30.7. The van der Waals surface area contributed by atoms with Gasteiger partial charge in [0.15, 0.2) is 17.6 Å². The van der Waals surface area contributed by atoms with Crippen LogP contribution in [-0.4, -0.2) is 103 Å². The van der Waals surface area contributed by atoms with Crippen molar-refractivity contribution < 1.29 is 46.6 Å². The number of ketones is 1. The van der Waals surface area contributed by atoms with E-state index in [1.165, 1.54) is 17.0 Å². The number of rotatable bonds is 13. The highest BCUT2D eigenvalue weighted by Gasteiger charge is 2.38. The number of anilines is 1. The maximum absolute atomic E-state index is 14.1. The van der Waals surface area contributed by atoms with E-state index in [1.54, 1.807) is 11.0 Å². The molecule has 15 heteroatoms. The van der Waals surface area contributed by atoms with Crippen LogP contribution in [0.25, 0.3) is 0 Å². The second-order valence-electron chi connectivity index (χ2n) is 13.8. The zero-order valence-corrected chi connectivity index (χ0v) is 31.4. The van der Waals surface area contributed by atoms with Gasteiger partial charge in [-0.1, -0.05) is 42.8 Å². The minimum atomic E-state index is -4.94. The molecule has 3 aliphatic heterocycles. The first-order valence-corrected chi connectivity index (χ1v) is 18.9. The van der Waals surface area contributed by atoms with E-state index in [-0.39, 0.29) is 30.7 Å². The van der Waals surface area contributed by atoms with Crippen molar-refractivity contribution in [2.75, 3.05) is 51.3 Å². The van der Waals surface area contributed by atoms with Gasteiger partial charge < -0.3 is 29.3 Å². The van der Waals surface area contributed by atoms with Crippen LogP contribution >= 0.6 is 11.6 Å². The lowest BCUT2D eigenvalue weighted by atomic mass is 10.0. The number of hydrogen-bond acceptors (Lipinski definition) is 8. The molecule has 294 valence electrons. The molecular weight excluding hydrogens is 729 g/mol. The first kappa shape index (κ1) is 41.0. The smallest absolute Gasteiger partial charge is 0.420 e. The largest absolute Gasteiger partial charge is 0.437 e. The molecule has 11 nitrogen and oxygen atoms in total. The molecule has 0 radical (unpaired) electrons. The molecule has 1 atom stereocenters. The number of benzene rings is 2. The summed E-state index contributed by atoms with van der Waals surface area (Å²) in [5.41, 5.74) is 0.489. The zero-order chi connectivity index (χ0) is 38.8. The second kappa shape index (κ2) is 18.9. The summed E-state index contributed by atoms with van der Waals surface area (Å²) < 4.78 is 58.3. The molecule has 2 aromatic carbocycles. The molecule has 2 fully saturated rings. The average Bonchev–Trinajstić information content (AvgIpc) is 3.31. The number of carbonyl (C=O) groups excluding carboxylic acids is 4. The summed E-state index contributed by atoms with van der Waals surface area (Å²) in [6.45, 7) is 7.08. The van der Waals surface area contributed by atoms with Crippen molar-refractivity contribution in [3.05, 3.63) is 70.3 Å². The number of esters is 1. The average molecular weight is 777 g/mol. The number of halogens is 4. The van der Waals surface area contributed by atoms with Crippen molar-refractivity contribution in [1.29, 1.82) is 0 Å². The number of nitrogens with one attached hydrogen (secondary N) is 1. The molecule has 3 amide bonds. The van der Waals surface area contributed by atoms with Crippen LogP contribution in [0.3, 0.4) is 0 Å². The van der Waals surface area contributed by atoms with Crippen LogP contribution in [0.1, 0.15) is 69.1 Å². The molecule has 2 aromatic rings. The molecule has 1 N–H and O–H groups in total. The number of nitrogens with zero attached hydrogens (tertiary/aromatic N) is 3. The Morgan fingerprint density at radius 1 is 1.07 bits per heavy atom. The Hall–Kier alpha value is -4.14. The molecular formula is C39H48ClF3N4O7. The number of para-hydroxylation sites is 1. The van der Waals surface area contributed by atoms with E-state index in [4.69, 9.17) is 25.8 Å². The van der Waals surface area contributed by atoms with Crippen molar-refractivity contribution in [2.24, 2.45) is 0 Å². The number of ether oxygens (including phenoxy) is 3. The standard InChI is InChI=1S/C39H48ClF3N4O7/c1-3-16-45(29-14-21-52-22-15-29)17-7-6-10-34(49)35(25-27-23-31(39(41,42)43)36(32(40)24-27)53-26(2)48)54-38(51)46-18-12-30(13-19-46)47-20-11-28-8-4-5-9-33(28)44-37(47)50/h4-6,8-10,23-24,29-30,35H,3,7,11-22,25H2,1-2H3,(H,44,50)/b10-6+/t35-/m1/s1. The Morgan fingerprint density at radius 3 is 2.48 bits per heavy atom. The molecule has 3 aliphatic rings. The summed E-state index contributed by atoms with van der Waals surface area (Å²) in [4.78, 5) is 57.4. The van der Waals surface area contributed by atoms with Gasteiger partial charge in [-0.2, -0.15) is 13.2 Å². The number of hydrogen-bond donors (Lipinski definition) is 1. The van der Waals surface area contributed by atoms with E-state index in [1.807, 2.05) is 24.3 Å². The van der Waals surface area contributed by atoms with Crippen LogP contribution in [0.4, 0.5) is 28.4 Å². The normalized spacial score (nSPS) is 17.9. The van der Waals surface area contributed by atoms with Gasteiger partial charge in [-0.05, 0) is 86.9 Å². The Labute approximate surface area is 318 Å². The predicted molar refractivity (Wildman–Crippen MR) is 197 cm³/mol. The van der Waals surface area contributed by atoms with E-state index >= 15 is 0 Å². The maximum Gasteiger partial charge on any atom is 0.420 e. The summed E-state index contributed by atoms with van der Waals surface area (Å²) in [7, 11) is 0. The molecule has 0 bridgehead atoms. The van der Waals surface area contributed by atoms with Crippen molar-refractivity contribution >= 4 is 41.2 Å². The minimum absolute atomic E-state index is 0.0386. The van der Waals surface area contributed by atoms with Gasteiger partial charge in [-0.3, -0.25) is 14.5 Å². The van der Waals surface area contributed by atoms with Crippen LogP contribution in [0.5, 0.6) is 5.75 Å². The van der Waals surface area contributed by atoms with Crippen LogP contribution in [0.15, 0.2) is 48.6 Å². The molecule has 0 saturated carbocycles. The molecule has 5 rings (SSSR count). The van der Waals surface area contributed by atoms with Crippen LogP contribution in [0.2, 0.25) is 5.02 Å². The number of carbonyl (C=O) groups is 4. The molecule has 0 aromatic heterocycles. The highest BCUT2D eigenvalue weighted by molar-refractivity contribution is 6.32. The van der Waals surface area contributed by atoms with Crippen molar-refractivity contribution in [2.45, 2.75) is 89.6 Å². The lowest BCUT2D eigenvalue weighted by Gasteiger charge is -2.37. The fourth-order valence-corrected chi connectivity index (χ4v) is 7.58. The van der Waals surface area contributed by atoms with E-state index in [9.17, 15) is 32.3 Å². The van der Waals surface area contributed by atoms with Gasteiger partial charge >= 0.3 is 24.3 Å². The number of fused-ring (bicyclic) bond motifs is 1. The molecule has 2 saturated heterocycles. The molecule has 3 heterocycles. The van der Waals surface area contributed by atoms with Crippen molar-refractivity contribution in [1.82, 2.24) is 14.7 Å². The SMILES string of the molecule is CCCN(CC/C=C/C(=O)[C@@H](Cc1cc(Cl)c(OC(C)=O)c(C(F)(F)F)c1)OC(=O)N1CCC(N2CCc3ccccc3NC2=O)CC1)C1CCOCC1. The molecule has 0 unspecified atom stereocenters. The molecule has 0 spiro atoms. The second-order valence-corrected chi connectivity index (χ2v) is 14.3. The molecule has 54 heavy (non-hydrogen) atoms. The van der Waals surface area contributed by atoms with E-state index in [0.717, 1.165) is 50.0 Å². The number of urea groups is 1. The Kier molecular flexibility index (Phi) is 14.4. The summed E-state index contributed by atoms with van der Waals surface area (Å²) in [5.74, 6) is -2.42. The fraction of sp³-hybridized carbons (Fsp3) is 0.538. The van der Waals surface area contributed by atoms with Gasteiger partial charge in [0.05, 0.1) is 5.02 Å². The number of likely N-dealkylation sites (tertiary alicyclic amines) is 1. The number of alkyl halides is 3. The third-order valence-corrected chi connectivity index (χ3v) is 10.3. The third kappa shape index (κ3) is 11.0. The Bertz CT molecular complexity index is 1680. The van der Waals surface area contributed by atoms with E-state index in [0.29, 0.717) is 58.0 Å². The van der Waals surface area contributed by atoms with Gasteiger partial charge in [0, 0.05) is 70.5 Å². The summed E-state index contributed by atoms with van der Waals surface area (Å²) in [6.07, 6.45) is 0.380. The predicted octanol–water partition coefficient (Wildman–Crippen LogP) is 7.29. The van der Waals surface area contributed by atoms with Crippen molar-refractivity contribution in [3.63, 3.8) is 0 Å². The Balaban J connectivity index is 1.28. The number of amides is 3. The van der Waals surface area contributed by atoms with E-state index < -0.39 is 52.9 Å². The van der Waals surface area contributed by atoms with Crippen molar-refractivity contribution in [3.8, 4) is 5.75 Å². The van der Waals surface area contributed by atoms with Crippen LogP contribution in [0, 0.1) is 0 Å². The minimum Gasteiger partial charge on any atom is -0.437 e. The van der Waals surface area contributed by atoms with Crippen LogP contribution < -0.4 is 10.1 Å². The van der Waals surface area contributed by atoms with Crippen LogP contribution in [-0.2, 0) is 38.1 Å². The van der Waals surface area contributed by atoms with E-state index in [2.05, 4.69) is 17.1 Å². The fourth-order valence-electron chi connectivity index (χ4n) is 7.30. The van der Waals surface area contributed by atoms with Gasteiger partial charge in [-0.15, -0.1) is 0 Å². The summed E-state index contributed by atoms with van der Waals surface area (Å²) in [6, 6.07) is 9.59. The lowest BCUT2D eigenvalue weighted by molar-refractivity contribution is -0.141. The Morgan fingerprint density at radius 2 is 1.80 bits per heavy atom. The first-order chi connectivity index (χ1) is 25.8. The molecule has 0 aliphatic carbocycles. The quantitative estimate of drug-likeness (QED) is 0.128. The summed E-state index contributed by atoms with van der Waals surface area (Å²) in [5, 5.41) is 2.49. The highest BCUT2D eigenvalue weighted by atomic mass is 35.5. The maximum atomic E-state index is 14.1. The van der Waals surface area contributed by atoms with Gasteiger partial charge in [0.1, 0.15) is 5.56 Å².